The highest BCUT2D eigenvalue weighted by molar-refractivity contribution is 5.95. The second-order valence-corrected chi connectivity index (χ2v) is 8.70. The van der Waals surface area contributed by atoms with Crippen molar-refractivity contribution >= 4 is 11.6 Å². The maximum Gasteiger partial charge on any atom is 0.435 e. The molecule has 1 saturated heterocycles. The first-order chi connectivity index (χ1) is 15.6. The highest BCUT2D eigenvalue weighted by Gasteiger charge is 2.40. The zero-order valence-electron chi connectivity index (χ0n) is 18.9. The maximum atomic E-state index is 13.3. The number of carbonyl (C=O) groups excluding carboxylic acids is 1. The van der Waals surface area contributed by atoms with Gasteiger partial charge < -0.3 is 9.80 Å². The van der Waals surface area contributed by atoms with Crippen LogP contribution in [0.3, 0.4) is 0 Å². The van der Waals surface area contributed by atoms with E-state index in [1.54, 1.807) is 0 Å². The number of carbonyl (C=O) groups is 1. The molecule has 3 aromatic rings. The van der Waals surface area contributed by atoms with Gasteiger partial charge in [0.1, 0.15) is 0 Å². The number of halogens is 3. The fourth-order valence-electron chi connectivity index (χ4n) is 4.38. The Morgan fingerprint density at radius 1 is 1.03 bits per heavy atom. The van der Waals surface area contributed by atoms with Crippen LogP contribution in [0.5, 0.6) is 0 Å². The molecule has 1 aliphatic rings. The van der Waals surface area contributed by atoms with Crippen molar-refractivity contribution in [3.8, 4) is 11.1 Å². The first-order valence-electron chi connectivity index (χ1n) is 10.9. The largest absolute Gasteiger partial charge is 0.435 e. The van der Waals surface area contributed by atoms with E-state index in [1.165, 1.54) is 17.5 Å². The fourth-order valence-corrected chi connectivity index (χ4v) is 4.38. The maximum absolute atomic E-state index is 13.3. The van der Waals surface area contributed by atoms with Crippen molar-refractivity contribution in [3.05, 3.63) is 71.5 Å². The average Bonchev–Trinajstić information content (AvgIpc) is 3.21. The van der Waals surface area contributed by atoms with Crippen molar-refractivity contribution < 1.29 is 18.0 Å². The van der Waals surface area contributed by atoms with Gasteiger partial charge in [0.15, 0.2) is 5.69 Å². The summed E-state index contributed by atoms with van der Waals surface area (Å²) in [7, 11) is 5.40. The average molecular weight is 457 g/mol. The summed E-state index contributed by atoms with van der Waals surface area (Å²) in [6.07, 6.45) is -2.10. The molecule has 5 nitrogen and oxygen atoms in total. The van der Waals surface area contributed by atoms with Gasteiger partial charge >= 0.3 is 6.18 Å². The van der Waals surface area contributed by atoms with Crippen molar-refractivity contribution in [1.29, 1.82) is 0 Å². The van der Waals surface area contributed by atoms with E-state index in [0.717, 1.165) is 27.7 Å². The number of hydrogen-bond acceptors (Lipinski definition) is 3. The van der Waals surface area contributed by atoms with E-state index in [2.05, 4.69) is 46.4 Å². The van der Waals surface area contributed by atoms with Gasteiger partial charge in [-0.3, -0.25) is 9.48 Å². The standard InChI is InChI=1S/C25H27F3N4O/c1-30(2)21-9-5-8-20(15-21)19-7-4-6-18(14-19)17-10-12-32(13-11-17)24(33)22-16-31(3)29-23(22)25(26,27)28/h4-9,14-17H,10-13H2,1-3H3. The number of hydrogen-bond donors (Lipinski definition) is 0. The predicted octanol–water partition coefficient (Wildman–Crippen LogP) is 5.19. The Bertz CT molecular complexity index is 1140. The molecule has 1 fully saturated rings. The lowest BCUT2D eigenvalue weighted by Gasteiger charge is -2.32. The number of nitrogens with zero attached hydrogens (tertiary/aromatic N) is 4. The van der Waals surface area contributed by atoms with Crippen LogP contribution in [0.25, 0.3) is 11.1 Å². The van der Waals surface area contributed by atoms with Gasteiger partial charge in [0.25, 0.3) is 5.91 Å². The number of piperidine rings is 1. The van der Waals surface area contributed by atoms with E-state index in [1.807, 2.05) is 26.2 Å². The highest BCUT2D eigenvalue weighted by Crippen LogP contribution is 2.34. The first-order valence-corrected chi connectivity index (χ1v) is 10.9. The summed E-state index contributed by atoms with van der Waals surface area (Å²) in [5, 5.41) is 3.46. The van der Waals surface area contributed by atoms with Gasteiger partial charge in [-0.2, -0.15) is 18.3 Å². The van der Waals surface area contributed by atoms with E-state index in [0.29, 0.717) is 25.9 Å². The van der Waals surface area contributed by atoms with Crippen LogP contribution in [0.4, 0.5) is 18.9 Å². The molecule has 8 heteroatoms. The predicted molar refractivity (Wildman–Crippen MR) is 122 cm³/mol. The van der Waals surface area contributed by atoms with Gasteiger partial charge in [-0.1, -0.05) is 36.4 Å². The summed E-state index contributed by atoms with van der Waals surface area (Å²) in [5.74, 6) is -0.356. The molecule has 4 rings (SSSR count). The second kappa shape index (κ2) is 8.92. The number of amides is 1. The Morgan fingerprint density at radius 2 is 1.67 bits per heavy atom. The topological polar surface area (TPSA) is 41.4 Å². The number of aryl methyl sites for hydroxylation is 1. The van der Waals surface area contributed by atoms with Crippen LogP contribution in [0.2, 0.25) is 0 Å². The number of rotatable bonds is 4. The third-order valence-corrected chi connectivity index (χ3v) is 6.16. The third kappa shape index (κ3) is 4.89. The summed E-state index contributed by atoms with van der Waals surface area (Å²) in [4.78, 5) is 16.4. The minimum absolute atomic E-state index is 0.252. The highest BCUT2D eigenvalue weighted by atomic mass is 19.4. The zero-order chi connectivity index (χ0) is 23.8. The molecule has 0 bridgehead atoms. The molecule has 0 spiro atoms. The molecule has 0 radical (unpaired) electrons. The van der Waals surface area contributed by atoms with Crippen molar-refractivity contribution in [2.75, 3.05) is 32.1 Å². The van der Waals surface area contributed by atoms with Crippen LogP contribution in [-0.4, -0.2) is 47.8 Å². The van der Waals surface area contributed by atoms with Crippen molar-refractivity contribution in [2.24, 2.45) is 7.05 Å². The van der Waals surface area contributed by atoms with E-state index >= 15 is 0 Å². The Kier molecular flexibility index (Phi) is 6.19. The van der Waals surface area contributed by atoms with Crippen LogP contribution in [0.1, 0.15) is 40.4 Å². The third-order valence-electron chi connectivity index (χ3n) is 6.16. The molecular weight excluding hydrogens is 429 g/mol. The normalized spacial score (nSPS) is 15.0. The molecule has 1 aliphatic heterocycles. The van der Waals surface area contributed by atoms with Crippen LogP contribution in [0, 0.1) is 0 Å². The lowest BCUT2D eigenvalue weighted by atomic mass is 9.87. The molecule has 0 unspecified atom stereocenters. The van der Waals surface area contributed by atoms with E-state index in [4.69, 9.17) is 0 Å². The minimum Gasteiger partial charge on any atom is -0.378 e. The molecule has 1 amide bonds. The molecule has 174 valence electrons. The van der Waals surface area contributed by atoms with Crippen molar-refractivity contribution in [1.82, 2.24) is 14.7 Å². The van der Waals surface area contributed by atoms with Crippen LogP contribution < -0.4 is 4.90 Å². The van der Waals surface area contributed by atoms with E-state index in [-0.39, 0.29) is 11.5 Å². The van der Waals surface area contributed by atoms with Crippen molar-refractivity contribution in [2.45, 2.75) is 24.9 Å². The first kappa shape index (κ1) is 22.9. The van der Waals surface area contributed by atoms with Crippen LogP contribution in [-0.2, 0) is 13.2 Å². The van der Waals surface area contributed by atoms with Crippen LogP contribution >= 0.6 is 0 Å². The minimum atomic E-state index is -4.66. The quantitative estimate of drug-likeness (QED) is 0.543. The molecule has 33 heavy (non-hydrogen) atoms. The fraction of sp³-hybridized carbons (Fsp3) is 0.360. The smallest absolute Gasteiger partial charge is 0.378 e. The number of benzene rings is 2. The monoisotopic (exact) mass is 456 g/mol. The molecular formula is C25H27F3N4O. The molecule has 0 aliphatic carbocycles. The lowest BCUT2D eigenvalue weighted by molar-refractivity contribution is -0.141. The number of alkyl halides is 3. The SMILES string of the molecule is CN(C)c1cccc(-c2cccc(C3CCN(C(=O)c4cn(C)nc4C(F)(F)F)CC3)c2)c1. The summed E-state index contributed by atoms with van der Waals surface area (Å²) < 4.78 is 40.9. The van der Waals surface area contributed by atoms with Crippen molar-refractivity contribution in [3.63, 3.8) is 0 Å². The summed E-state index contributed by atoms with van der Waals surface area (Å²) in [5.41, 5.74) is 3.06. The number of aromatic nitrogens is 2. The van der Waals surface area contributed by atoms with Crippen LogP contribution in [0.15, 0.2) is 54.7 Å². The Hall–Kier alpha value is -3.29. The van der Waals surface area contributed by atoms with Gasteiger partial charge in [0.2, 0.25) is 0 Å². The summed E-state index contributed by atoms with van der Waals surface area (Å²) in [6.45, 7) is 0.825. The Labute approximate surface area is 191 Å². The van der Waals surface area contributed by atoms with Gasteiger partial charge in [0, 0.05) is 46.1 Å². The molecule has 0 saturated carbocycles. The van der Waals surface area contributed by atoms with Gasteiger partial charge in [-0.15, -0.1) is 0 Å². The number of anilines is 1. The second-order valence-electron chi connectivity index (χ2n) is 8.70. The lowest BCUT2D eigenvalue weighted by Crippen LogP contribution is -2.38. The molecule has 1 aromatic heterocycles. The molecule has 2 heterocycles. The van der Waals surface area contributed by atoms with E-state index < -0.39 is 17.8 Å². The molecule has 2 aromatic carbocycles. The van der Waals surface area contributed by atoms with Gasteiger partial charge in [0.05, 0.1) is 5.56 Å². The molecule has 0 atom stereocenters. The summed E-state index contributed by atoms with van der Waals surface area (Å²) >= 11 is 0. The van der Waals surface area contributed by atoms with E-state index in [9.17, 15) is 18.0 Å². The molecule has 0 N–H and O–H groups in total. The Balaban J connectivity index is 1.47. The zero-order valence-corrected chi connectivity index (χ0v) is 18.9. The van der Waals surface area contributed by atoms with Gasteiger partial charge in [-0.05, 0) is 47.6 Å². The summed E-state index contributed by atoms with van der Waals surface area (Å²) in [6, 6.07) is 16.7. The number of likely N-dealkylation sites (tertiary alicyclic amines) is 1. The Morgan fingerprint density at radius 3 is 2.30 bits per heavy atom. The van der Waals surface area contributed by atoms with Gasteiger partial charge in [-0.25, -0.2) is 0 Å².